The Kier molecular flexibility index (Phi) is 5.96. The highest BCUT2D eigenvalue weighted by atomic mass is 16.1. The van der Waals surface area contributed by atoms with E-state index in [1.165, 1.54) is 0 Å². The first kappa shape index (κ1) is 15.7. The number of likely N-dealkylation sites (N-methyl/N-ethyl adjacent to an activating group) is 1. The van der Waals surface area contributed by atoms with Crippen LogP contribution in [0, 0.1) is 0 Å². The van der Waals surface area contributed by atoms with Crippen molar-refractivity contribution in [2.45, 2.75) is 20.4 Å². The number of para-hydroxylation sites is 1. The zero-order valence-electron chi connectivity index (χ0n) is 13.0. The van der Waals surface area contributed by atoms with Gasteiger partial charge in [-0.15, -0.1) is 0 Å². The number of aromatic nitrogens is 1. The van der Waals surface area contributed by atoms with Gasteiger partial charge < -0.3 is 14.8 Å². The summed E-state index contributed by atoms with van der Waals surface area (Å²) < 4.78 is 1.85. The summed E-state index contributed by atoms with van der Waals surface area (Å²) in [6.07, 6.45) is 0. The van der Waals surface area contributed by atoms with Gasteiger partial charge in [0.1, 0.15) is 0 Å². The largest absolute Gasteiger partial charge is 0.314 e. The first-order valence-corrected chi connectivity index (χ1v) is 7.78. The normalized spacial score (nSPS) is 11.4. The summed E-state index contributed by atoms with van der Waals surface area (Å²) in [4.78, 5) is 14.4. The smallest absolute Gasteiger partial charge is 0.251 e. The van der Waals surface area contributed by atoms with Gasteiger partial charge in [-0.2, -0.15) is 0 Å². The molecule has 4 heteroatoms. The maximum absolute atomic E-state index is 12.0. The lowest BCUT2D eigenvalue weighted by Crippen LogP contribution is -2.34. The molecule has 0 unspecified atom stereocenters. The maximum Gasteiger partial charge on any atom is 0.251 e. The summed E-state index contributed by atoms with van der Waals surface area (Å²) in [5, 5.41) is 4.53. The number of nitrogens with one attached hydrogen (secondary N) is 1. The van der Waals surface area contributed by atoms with Crippen molar-refractivity contribution in [2.24, 2.45) is 0 Å². The Labute approximate surface area is 126 Å². The minimum absolute atomic E-state index is 0.0687. The van der Waals surface area contributed by atoms with Gasteiger partial charge in [-0.05, 0) is 30.6 Å². The molecule has 0 radical (unpaired) electrons. The summed E-state index contributed by atoms with van der Waals surface area (Å²) in [6.45, 7) is 10.1. The van der Waals surface area contributed by atoms with E-state index < -0.39 is 0 Å². The molecule has 1 aromatic carbocycles. The van der Waals surface area contributed by atoms with Crippen molar-refractivity contribution in [3.63, 3.8) is 0 Å². The second-order valence-electron chi connectivity index (χ2n) is 5.16. The average molecular weight is 287 g/mol. The number of nitrogens with zero attached hydrogens (tertiary/aromatic N) is 2. The zero-order valence-corrected chi connectivity index (χ0v) is 13.0. The van der Waals surface area contributed by atoms with Crippen LogP contribution in [-0.2, 0) is 6.54 Å². The van der Waals surface area contributed by atoms with E-state index in [1.54, 1.807) is 6.07 Å². The monoisotopic (exact) mass is 287 g/mol. The molecule has 1 N–H and O–H groups in total. The van der Waals surface area contributed by atoms with Crippen LogP contribution < -0.4 is 10.9 Å². The highest BCUT2D eigenvalue weighted by molar-refractivity contribution is 5.78. The fourth-order valence-electron chi connectivity index (χ4n) is 2.57. The van der Waals surface area contributed by atoms with Crippen molar-refractivity contribution in [1.82, 2.24) is 14.8 Å². The molecule has 0 saturated carbocycles. The SMILES string of the molecule is CCN(CC)CCNCCn1c(=O)ccc2ccccc21. The molecule has 0 aliphatic heterocycles. The van der Waals surface area contributed by atoms with Crippen LogP contribution >= 0.6 is 0 Å². The van der Waals surface area contributed by atoms with Gasteiger partial charge in [-0.25, -0.2) is 0 Å². The van der Waals surface area contributed by atoms with Crippen molar-refractivity contribution in [3.05, 3.63) is 46.8 Å². The van der Waals surface area contributed by atoms with Crippen molar-refractivity contribution in [3.8, 4) is 0 Å². The summed E-state index contributed by atoms with van der Waals surface area (Å²) >= 11 is 0. The van der Waals surface area contributed by atoms with Crippen molar-refractivity contribution < 1.29 is 0 Å². The average Bonchev–Trinajstić information content (AvgIpc) is 2.52. The molecule has 21 heavy (non-hydrogen) atoms. The van der Waals surface area contributed by atoms with E-state index in [0.29, 0.717) is 6.54 Å². The predicted octanol–water partition coefficient (Wildman–Crippen LogP) is 1.93. The van der Waals surface area contributed by atoms with Gasteiger partial charge in [0.2, 0.25) is 0 Å². The molecule has 0 aliphatic carbocycles. The van der Waals surface area contributed by atoms with Gasteiger partial charge in [-0.1, -0.05) is 32.0 Å². The van der Waals surface area contributed by atoms with Gasteiger partial charge in [-0.3, -0.25) is 4.79 Å². The minimum Gasteiger partial charge on any atom is -0.314 e. The molecule has 0 fully saturated rings. The van der Waals surface area contributed by atoms with Crippen LogP contribution in [0.25, 0.3) is 10.9 Å². The second kappa shape index (κ2) is 7.96. The number of hydrogen-bond acceptors (Lipinski definition) is 3. The molecule has 2 aromatic rings. The molecule has 0 aliphatic rings. The van der Waals surface area contributed by atoms with E-state index in [9.17, 15) is 4.79 Å². The van der Waals surface area contributed by atoms with Crippen LogP contribution in [0.1, 0.15) is 13.8 Å². The molecule has 114 valence electrons. The van der Waals surface area contributed by atoms with E-state index in [4.69, 9.17) is 0 Å². The molecule has 1 heterocycles. The second-order valence-corrected chi connectivity index (χ2v) is 5.16. The summed E-state index contributed by atoms with van der Waals surface area (Å²) in [5.41, 5.74) is 1.08. The number of fused-ring (bicyclic) bond motifs is 1. The molecule has 0 atom stereocenters. The van der Waals surface area contributed by atoms with E-state index >= 15 is 0 Å². The Hall–Kier alpha value is -1.65. The minimum atomic E-state index is 0.0687. The third-order valence-electron chi connectivity index (χ3n) is 3.91. The third-order valence-corrected chi connectivity index (χ3v) is 3.91. The highest BCUT2D eigenvalue weighted by Gasteiger charge is 2.02. The topological polar surface area (TPSA) is 37.3 Å². The van der Waals surface area contributed by atoms with Crippen LogP contribution in [0.3, 0.4) is 0 Å². The lowest BCUT2D eigenvalue weighted by Gasteiger charge is -2.18. The summed E-state index contributed by atoms with van der Waals surface area (Å²) in [7, 11) is 0. The van der Waals surface area contributed by atoms with E-state index in [2.05, 4.69) is 24.1 Å². The highest BCUT2D eigenvalue weighted by Crippen LogP contribution is 2.10. The van der Waals surface area contributed by atoms with Crippen molar-refractivity contribution in [1.29, 1.82) is 0 Å². The molecule has 0 spiro atoms. The van der Waals surface area contributed by atoms with Crippen LogP contribution in [-0.4, -0.2) is 42.2 Å². The van der Waals surface area contributed by atoms with Gasteiger partial charge >= 0.3 is 0 Å². The molecular formula is C17H25N3O. The van der Waals surface area contributed by atoms with Gasteiger partial charge in [0.05, 0.1) is 5.52 Å². The lowest BCUT2D eigenvalue weighted by molar-refractivity contribution is 0.302. The van der Waals surface area contributed by atoms with Crippen LogP contribution in [0.4, 0.5) is 0 Å². The first-order valence-electron chi connectivity index (χ1n) is 7.78. The van der Waals surface area contributed by atoms with Crippen molar-refractivity contribution >= 4 is 10.9 Å². The van der Waals surface area contributed by atoms with Gasteiger partial charge in [0, 0.05) is 32.2 Å². The van der Waals surface area contributed by atoms with E-state index in [1.807, 2.05) is 34.9 Å². The van der Waals surface area contributed by atoms with E-state index in [0.717, 1.165) is 43.6 Å². The van der Waals surface area contributed by atoms with Crippen LogP contribution in [0.2, 0.25) is 0 Å². The van der Waals surface area contributed by atoms with Crippen LogP contribution in [0.5, 0.6) is 0 Å². The number of rotatable bonds is 8. The molecule has 1 aromatic heterocycles. The fraction of sp³-hybridized carbons (Fsp3) is 0.471. The predicted molar refractivity (Wildman–Crippen MR) is 88.9 cm³/mol. The van der Waals surface area contributed by atoms with E-state index in [-0.39, 0.29) is 5.56 Å². The molecule has 0 amide bonds. The molecule has 2 rings (SSSR count). The Balaban J connectivity index is 1.92. The molecule has 4 nitrogen and oxygen atoms in total. The Morgan fingerprint density at radius 1 is 1.05 bits per heavy atom. The number of hydrogen-bond donors (Lipinski definition) is 1. The number of pyridine rings is 1. The Morgan fingerprint density at radius 2 is 1.81 bits per heavy atom. The first-order chi connectivity index (χ1) is 10.3. The summed E-state index contributed by atoms with van der Waals surface area (Å²) in [6, 6.07) is 11.6. The number of benzene rings is 1. The fourth-order valence-corrected chi connectivity index (χ4v) is 2.57. The third kappa shape index (κ3) is 4.16. The Morgan fingerprint density at radius 3 is 2.57 bits per heavy atom. The quantitative estimate of drug-likeness (QED) is 0.754. The van der Waals surface area contributed by atoms with Crippen molar-refractivity contribution in [2.75, 3.05) is 32.7 Å². The standard InChI is InChI=1S/C17H25N3O/c1-3-19(4-2)13-11-18-12-14-20-16-8-6-5-7-15(16)9-10-17(20)21/h5-10,18H,3-4,11-14H2,1-2H3. The summed E-state index contributed by atoms with van der Waals surface area (Å²) in [5.74, 6) is 0. The van der Waals surface area contributed by atoms with Gasteiger partial charge in [0.15, 0.2) is 0 Å². The van der Waals surface area contributed by atoms with Gasteiger partial charge in [0.25, 0.3) is 5.56 Å². The molecule has 0 saturated heterocycles. The lowest BCUT2D eigenvalue weighted by atomic mass is 10.2. The zero-order chi connectivity index (χ0) is 15.1. The Bertz CT molecular complexity index is 617. The van der Waals surface area contributed by atoms with Crippen LogP contribution in [0.15, 0.2) is 41.2 Å². The maximum atomic E-state index is 12.0. The molecular weight excluding hydrogens is 262 g/mol. The molecule has 0 bridgehead atoms.